The lowest BCUT2D eigenvalue weighted by Crippen LogP contribution is -2.46. The Morgan fingerprint density at radius 2 is 2.03 bits per heavy atom. The van der Waals surface area contributed by atoms with Gasteiger partial charge in [-0.25, -0.2) is 9.78 Å². The number of anilines is 3. The summed E-state index contributed by atoms with van der Waals surface area (Å²) in [7, 11) is 1.76. The molecule has 8 heteroatoms. The van der Waals surface area contributed by atoms with Crippen molar-refractivity contribution in [2.24, 2.45) is 0 Å². The van der Waals surface area contributed by atoms with E-state index in [1.165, 1.54) is 6.21 Å². The van der Waals surface area contributed by atoms with E-state index in [0.29, 0.717) is 30.9 Å². The number of urea groups is 1. The largest absolute Gasteiger partial charge is 0.351 e. The van der Waals surface area contributed by atoms with E-state index in [-0.39, 0.29) is 6.03 Å². The highest BCUT2D eigenvalue weighted by atomic mass is 16.2. The number of aryl methyl sites for hydroxylation is 1. The van der Waals surface area contributed by atoms with E-state index >= 15 is 0 Å². The fraction of sp³-hybridized carbons (Fsp3) is 0.429. The van der Waals surface area contributed by atoms with Crippen LogP contribution in [0.5, 0.6) is 0 Å². The average Bonchev–Trinajstić information content (AvgIpc) is 2.73. The molecule has 1 aromatic heterocycles. The molecule has 1 saturated heterocycles. The van der Waals surface area contributed by atoms with Crippen LogP contribution in [0.3, 0.4) is 0 Å². The van der Waals surface area contributed by atoms with Gasteiger partial charge in [-0.15, -0.1) is 0 Å². The number of carbonyl (C=O) groups is 1. The summed E-state index contributed by atoms with van der Waals surface area (Å²) in [4.78, 5) is 27.8. The second-order valence-corrected chi connectivity index (χ2v) is 7.68. The van der Waals surface area contributed by atoms with Crippen molar-refractivity contribution in [2.45, 2.75) is 32.4 Å². The third kappa shape index (κ3) is 3.93. The molecule has 0 bridgehead atoms. The number of hydrogen-bond acceptors (Lipinski definition) is 6. The number of carbonyl (C=O) groups excluding carboxylic acids is 1. The molecule has 2 aliphatic heterocycles. The minimum atomic E-state index is -0.0867. The first kappa shape index (κ1) is 19.3. The first-order chi connectivity index (χ1) is 14.1. The number of likely N-dealkylation sites (tertiary alicyclic amines) is 1. The van der Waals surface area contributed by atoms with Gasteiger partial charge in [-0.2, -0.15) is 4.98 Å². The van der Waals surface area contributed by atoms with Crippen molar-refractivity contribution in [3.05, 3.63) is 41.6 Å². The smallest absolute Gasteiger partial charge is 0.330 e. The number of rotatable bonds is 5. The van der Waals surface area contributed by atoms with Crippen molar-refractivity contribution in [3.63, 3.8) is 0 Å². The molecule has 1 fully saturated rings. The molecule has 152 valence electrons. The molecule has 2 amide bonds. The van der Waals surface area contributed by atoms with E-state index in [1.54, 1.807) is 16.8 Å². The summed E-state index contributed by atoms with van der Waals surface area (Å²) in [5, 5.41) is 10.7. The van der Waals surface area contributed by atoms with Gasteiger partial charge >= 0.3 is 6.03 Å². The fourth-order valence-corrected chi connectivity index (χ4v) is 4.00. The summed E-state index contributed by atoms with van der Waals surface area (Å²) in [6.45, 7) is 5.11. The normalized spacial score (nSPS) is 17.9. The maximum Gasteiger partial charge on any atom is 0.330 e. The minimum Gasteiger partial charge on any atom is -0.351 e. The summed E-state index contributed by atoms with van der Waals surface area (Å²) in [6, 6.07) is 8.12. The van der Waals surface area contributed by atoms with Crippen LogP contribution in [-0.2, 0) is 6.54 Å². The SMILES string of the molecule is Cc1ccccc1N1Cc2cnc(NC3CCN(CC=N)CC3)nc2N(C)C1=O. The van der Waals surface area contributed by atoms with Crippen molar-refractivity contribution in [1.29, 1.82) is 5.41 Å². The summed E-state index contributed by atoms with van der Waals surface area (Å²) in [5.41, 5.74) is 2.90. The molecule has 3 heterocycles. The molecule has 1 aromatic carbocycles. The Morgan fingerprint density at radius 1 is 1.28 bits per heavy atom. The Balaban J connectivity index is 1.49. The van der Waals surface area contributed by atoms with Crippen LogP contribution in [0, 0.1) is 12.3 Å². The maximum atomic E-state index is 13.0. The van der Waals surface area contributed by atoms with Gasteiger partial charge in [-0.1, -0.05) is 18.2 Å². The number of fused-ring (bicyclic) bond motifs is 1. The highest BCUT2D eigenvalue weighted by Crippen LogP contribution is 2.31. The lowest BCUT2D eigenvalue weighted by Gasteiger charge is -2.35. The van der Waals surface area contributed by atoms with Crippen LogP contribution in [0.25, 0.3) is 0 Å². The summed E-state index contributed by atoms with van der Waals surface area (Å²) >= 11 is 0. The van der Waals surface area contributed by atoms with Gasteiger partial charge in [0.1, 0.15) is 5.82 Å². The van der Waals surface area contributed by atoms with Crippen molar-refractivity contribution in [1.82, 2.24) is 14.9 Å². The average molecular weight is 393 g/mol. The van der Waals surface area contributed by atoms with Crippen molar-refractivity contribution < 1.29 is 4.79 Å². The number of nitrogens with one attached hydrogen (secondary N) is 2. The molecule has 0 spiro atoms. The second-order valence-electron chi connectivity index (χ2n) is 7.68. The predicted octanol–water partition coefficient (Wildman–Crippen LogP) is 2.89. The molecule has 29 heavy (non-hydrogen) atoms. The summed E-state index contributed by atoms with van der Waals surface area (Å²) in [5.74, 6) is 1.23. The number of amides is 2. The molecule has 0 radical (unpaired) electrons. The van der Waals surface area contributed by atoms with Crippen LogP contribution < -0.4 is 15.1 Å². The lowest BCUT2D eigenvalue weighted by atomic mass is 10.1. The van der Waals surface area contributed by atoms with E-state index in [0.717, 1.165) is 42.7 Å². The predicted molar refractivity (Wildman–Crippen MR) is 115 cm³/mol. The molecule has 0 unspecified atom stereocenters. The molecule has 0 saturated carbocycles. The summed E-state index contributed by atoms with van der Waals surface area (Å²) in [6.07, 6.45) is 5.25. The standard InChI is InChI=1S/C21H27N7O/c1-15-5-3-4-6-18(15)28-14-16-13-23-20(25-19(16)26(2)21(28)29)24-17-7-10-27(11-8-17)12-9-22/h3-6,9,13,17,22H,7-8,10-12,14H2,1-2H3,(H,23,24,25). The van der Waals surface area contributed by atoms with Gasteiger partial charge in [0.05, 0.1) is 6.54 Å². The molecular weight excluding hydrogens is 366 g/mol. The van der Waals surface area contributed by atoms with Gasteiger partial charge in [-0.05, 0) is 31.4 Å². The first-order valence-electron chi connectivity index (χ1n) is 10.0. The number of nitrogens with zero attached hydrogens (tertiary/aromatic N) is 5. The van der Waals surface area contributed by atoms with Gasteiger partial charge in [0, 0.05) is 56.4 Å². The topological polar surface area (TPSA) is 88.5 Å². The maximum absolute atomic E-state index is 13.0. The van der Waals surface area contributed by atoms with Gasteiger partial charge in [0.2, 0.25) is 5.95 Å². The summed E-state index contributed by atoms with van der Waals surface area (Å²) < 4.78 is 0. The first-order valence-corrected chi connectivity index (χ1v) is 10.0. The van der Waals surface area contributed by atoms with Crippen LogP contribution in [0.4, 0.5) is 22.2 Å². The Hall–Kier alpha value is -3.00. The quantitative estimate of drug-likeness (QED) is 0.763. The van der Waals surface area contributed by atoms with Crippen LogP contribution in [-0.4, -0.2) is 59.8 Å². The molecule has 2 N–H and O–H groups in total. The molecule has 8 nitrogen and oxygen atoms in total. The number of hydrogen-bond donors (Lipinski definition) is 2. The van der Waals surface area contributed by atoms with E-state index in [9.17, 15) is 4.79 Å². The zero-order valence-electron chi connectivity index (χ0n) is 16.9. The monoisotopic (exact) mass is 393 g/mol. The molecule has 0 atom stereocenters. The van der Waals surface area contributed by atoms with Crippen LogP contribution >= 0.6 is 0 Å². The zero-order chi connectivity index (χ0) is 20.4. The van der Waals surface area contributed by atoms with E-state index < -0.39 is 0 Å². The van der Waals surface area contributed by atoms with E-state index in [1.807, 2.05) is 37.4 Å². The van der Waals surface area contributed by atoms with Gasteiger partial charge in [0.25, 0.3) is 0 Å². The second kappa shape index (κ2) is 8.16. The third-order valence-electron chi connectivity index (χ3n) is 5.68. The lowest BCUT2D eigenvalue weighted by molar-refractivity contribution is 0.247. The van der Waals surface area contributed by atoms with Crippen LogP contribution in [0.1, 0.15) is 24.0 Å². The number of benzene rings is 1. The Kier molecular flexibility index (Phi) is 5.44. The molecule has 0 aliphatic carbocycles. The van der Waals surface area contributed by atoms with Crippen molar-refractivity contribution >= 4 is 29.7 Å². The highest BCUT2D eigenvalue weighted by Gasteiger charge is 2.31. The van der Waals surface area contributed by atoms with Gasteiger partial charge in [-0.3, -0.25) is 14.7 Å². The van der Waals surface area contributed by atoms with Gasteiger partial charge < -0.3 is 10.7 Å². The van der Waals surface area contributed by atoms with Crippen LogP contribution in [0.15, 0.2) is 30.5 Å². The Morgan fingerprint density at radius 3 is 2.76 bits per heavy atom. The van der Waals surface area contributed by atoms with E-state index in [4.69, 9.17) is 5.41 Å². The Bertz CT molecular complexity index is 908. The number of aromatic nitrogens is 2. The van der Waals surface area contributed by atoms with Crippen molar-refractivity contribution in [2.75, 3.05) is 41.8 Å². The van der Waals surface area contributed by atoms with Crippen molar-refractivity contribution in [3.8, 4) is 0 Å². The highest BCUT2D eigenvalue weighted by molar-refractivity contribution is 6.05. The Labute approximate surface area is 171 Å². The molecule has 2 aromatic rings. The minimum absolute atomic E-state index is 0.0867. The third-order valence-corrected chi connectivity index (χ3v) is 5.68. The molecule has 2 aliphatic rings. The number of para-hydroxylation sites is 1. The van der Waals surface area contributed by atoms with Crippen LogP contribution in [0.2, 0.25) is 0 Å². The fourth-order valence-electron chi connectivity index (χ4n) is 4.00. The zero-order valence-corrected chi connectivity index (χ0v) is 16.9. The molecular formula is C21H27N7O. The molecule has 4 rings (SSSR count). The van der Waals surface area contributed by atoms with Gasteiger partial charge in [0.15, 0.2) is 0 Å². The van der Waals surface area contributed by atoms with E-state index in [2.05, 4.69) is 20.2 Å². The number of piperidine rings is 1.